The maximum absolute atomic E-state index is 11.0. The molecule has 10 heteroatoms. The van der Waals surface area contributed by atoms with Gasteiger partial charge in [-0.1, -0.05) is 0 Å². The van der Waals surface area contributed by atoms with Crippen LogP contribution < -0.4 is 11.2 Å². The van der Waals surface area contributed by atoms with Crippen LogP contribution in [-0.2, 0) is 0 Å². The average molecular weight is 404 g/mol. The first-order chi connectivity index (χ1) is 9.29. The van der Waals surface area contributed by atoms with Crippen molar-refractivity contribution in [3.05, 3.63) is 30.7 Å². The minimum Gasteiger partial charge on any atom is -0.382 e. The molecule has 0 aliphatic rings. The highest BCUT2D eigenvalue weighted by molar-refractivity contribution is 9.11. The van der Waals surface area contributed by atoms with E-state index < -0.39 is 10.8 Å². The van der Waals surface area contributed by atoms with Gasteiger partial charge in [0.1, 0.15) is 10.5 Å². The Kier molecular flexibility index (Phi) is 5.18. The Balaban J connectivity index is 3.34. The Labute approximate surface area is 130 Å². The third-order valence-corrected chi connectivity index (χ3v) is 3.60. The van der Waals surface area contributed by atoms with E-state index in [1.54, 1.807) is 19.1 Å². The number of hydrazone groups is 1. The minimum atomic E-state index is -0.531. The Bertz CT molecular complexity index is 665. The Hall–Kier alpha value is -1.99. The maximum Gasteiger partial charge on any atom is 0.288 e. The number of nitro benzene ring substituents is 1. The molecule has 4 N–H and O–H groups in total. The molecule has 0 saturated carbocycles. The molecule has 1 aromatic carbocycles. The summed E-state index contributed by atoms with van der Waals surface area (Å²) in [6.07, 6.45) is 0. The third kappa shape index (κ3) is 3.31. The van der Waals surface area contributed by atoms with E-state index in [4.69, 9.17) is 16.4 Å². The quantitative estimate of drug-likeness (QED) is 0.306. The van der Waals surface area contributed by atoms with Crippen molar-refractivity contribution < 1.29 is 4.92 Å². The number of nitriles is 1. The van der Waals surface area contributed by atoms with Gasteiger partial charge in [-0.2, -0.15) is 10.4 Å². The number of nitrogens with one attached hydrogen (secondary N) is 2. The van der Waals surface area contributed by atoms with Crippen LogP contribution in [-0.4, -0.2) is 16.5 Å². The SMILES string of the molecule is Cc1cc(Br)c(N/N=C(\C#N)C(=N)N)c(Br)c1[N+](=O)[O-]. The van der Waals surface area contributed by atoms with Gasteiger partial charge in [0.05, 0.1) is 10.6 Å². The summed E-state index contributed by atoms with van der Waals surface area (Å²) in [4.78, 5) is 10.5. The molecule has 0 unspecified atom stereocenters. The zero-order chi connectivity index (χ0) is 15.4. The first kappa shape index (κ1) is 16.1. The van der Waals surface area contributed by atoms with Gasteiger partial charge in [0, 0.05) is 10.0 Å². The van der Waals surface area contributed by atoms with Crippen LogP contribution in [0.5, 0.6) is 0 Å². The number of nitro groups is 1. The van der Waals surface area contributed by atoms with E-state index in [0.29, 0.717) is 10.0 Å². The molecule has 0 aromatic heterocycles. The average Bonchev–Trinajstić information content (AvgIpc) is 2.31. The molecular weight excluding hydrogens is 396 g/mol. The van der Waals surface area contributed by atoms with E-state index in [1.807, 2.05) is 0 Å². The first-order valence-corrected chi connectivity index (χ1v) is 6.59. The van der Waals surface area contributed by atoms with Gasteiger partial charge in [0.15, 0.2) is 5.84 Å². The molecule has 0 spiro atoms. The van der Waals surface area contributed by atoms with E-state index in [9.17, 15) is 10.1 Å². The molecule has 0 atom stereocenters. The number of hydrogen-bond acceptors (Lipinski definition) is 6. The van der Waals surface area contributed by atoms with E-state index in [2.05, 4.69) is 42.4 Å². The zero-order valence-corrected chi connectivity index (χ0v) is 13.2. The Morgan fingerprint density at radius 3 is 2.70 bits per heavy atom. The zero-order valence-electron chi connectivity index (χ0n) is 10.1. The summed E-state index contributed by atoms with van der Waals surface area (Å²) in [6, 6.07) is 3.18. The number of halogens is 2. The van der Waals surface area contributed by atoms with Crippen molar-refractivity contribution in [1.82, 2.24) is 0 Å². The van der Waals surface area contributed by atoms with Gasteiger partial charge >= 0.3 is 0 Å². The van der Waals surface area contributed by atoms with Gasteiger partial charge in [-0.05, 0) is 44.8 Å². The van der Waals surface area contributed by atoms with E-state index in [-0.39, 0.29) is 21.6 Å². The summed E-state index contributed by atoms with van der Waals surface area (Å²) in [5.41, 5.74) is 7.90. The summed E-state index contributed by atoms with van der Waals surface area (Å²) in [5.74, 6) is -0.506. The Morgan fingerprint density at radius 1 is 1.65 bits per heavy atom. The lowest BCUT2D eigenvalue weighted by molar-refractivity contribution is -0.386. The molecule has 0 aliphatic heterocycles. The van der Waals surface area contributed by atoms with Crippen molar-refractivity contribution >= 4 is 54.8 Å². The molecule has 0 saturated heterocycles. The number of anilines is 1. The number of nitrogens with zero attached hydrogens (tertiary/aromatic N) is 3. The molecular formula is C10H8Br2N6O2. The van der Waals surface area contributed by atoms with Gasteiger partial charge in [-0.15, -0.1) is 0 Å². The van der Waals surface area contributed by atoms with Crippen molar-refractivity contribution in [2.24, 2.45) is 10.8 Å². The topological polar surface area (TPSA) is 141 Å². The van der Waals surface area contributed by atoms with Crippen LogP contribution in [0.3, 0.4) is 0 Å². The number of aryl methyl sites for hydroxylation is 1. The normalized spacial score (nSPS) is 10.8. The van der Waals surface area contributed by atoms with Gasteiger partial charge in [0.2, 0.25) is 5.71 Å². The van der Waals surface area contributed by atoms with Gasteiger partial charge in [-0.25, -0.2) is 0 Å². The van der Waals surface area contributed by atoms with E-state index in [1.165, 1.54) is 0 Å². The van der Waals surface area contributed by atoms with E-state index >= 15 is 0 Å². The minimum absolute atomic E-state index is 0.118. The smallest absolute Gasteiger partial charge is 0.288 e. The molecule has 1 rings (SSSR count). The molecule has 0 aliphatic carbocycles. The molecule has 0 bridgehead atoms. The molecule has 1 aromatic rings. The monoisotopic (exact) mass is 402 g/mol. The summed E-state index contributed by atoms with van der Waals surface area (Å²) in [7, 11) is 0. The van der Waals surface area contributed by atoms with Crippen molar-refractivity contribution in [2.75, 3.05) is 5.43 Å². The van der Waals surface area contributed by atoms with Crippen molar-refractivity contribution in [1.29, 1.82) is 10.7 Å². The highest BCUT2D eigenvalue weighted by Crippen LogP contribution is 2.40. The Morgan fingerprint density at radius 2 is 2.25 bits per heavy atom. The lowest BCUT2D eigenvalue weighted by atomic mass is 10.2. The molecule has 8 nitrogen and oxygen atoms in total. The second-order valence-corrected chi connectivity index (χ2v) is 5.22. The second kappa shape index (κ2) is 6.44. The standard InChI is InChI=1S/C10H8Br2N6O2/c1-4-2-5(11)8(7(12)9(4)18(19)20)17-16-6(3-13)10(14)15/h2,17H,1H3,(H3,14,15)/b16-6+. The van der Waals surface area contributed by atoms with Crippen LogP contribution in [0.4, 0.5) is 11.4 Å². The molecule has 0 radical (unpaired) electrons. The maximum atomic E-state index is 11.0. The van der Waals surface area contributed by atoms with Crippen LogP contribution in [0.25, 0.3) is 0 Å². The van der Waals surface area contributed by atoms with E-state index in [0.717, 1.165) is 0 Å². The largest absolute Gasteiger partial charge is 0.382 e. The number of rotatable bonds is 4. The number of nitrogens with two attached hydrogens (primary N) is 1. The summed E-state index contributed by atoms with van der Waals surface area (Å²) in [6.45, 7) is 1.59. The lowest BCUT2D eigenvalue weighted by Crippen LogP contribution is -2.22. The summed E-state index contributed by atoms with van der Waals surface area (Å²) < 4.78 is 0.691. The fraction of sp³-hybridized carbons (Fsp3) is 0.100. The van der Waals surface area contributed by atoms with Gasteiger partial charge in [0.25, 0.3) is 5.69 Å². The highest BCUT2D eigenvalue weighted by atomic mass is 79.9. The van der Waals surface area contributed by atoms with Crippen molar-refractivity contribution in [3.8, 4) is 6.07 Å². The fourth-order valence-corrected chi connectivity index (χ4v) is 2.97. The molecule has 0 heterocycles. The number of amidine groups is 1. The van der Waals surface area contributed by atoms with Crippen LogP contribution >= 0.6 is 31.9 Å². The van der Waals surface area contributed by atoms with Crippen LogP contribution in [0.1, 0.15) is 5.56 Å². The second-order valence-electron chi connectivity index (χ2n) is 3.57. The van der Waals surface area contributed by atoms with Gasteiger partial charge in [-0.3, -0.25) is 20.9 Å². The predicted molar refractivity (Wildman–Crippen MR) is 81.8 cm³/mol. The molecule has 0 amide bonds. The molecule has 20 heavy (non-hydrogen) atoms. The van der Waals surface area contributed by atoms with Gasteiger partial charge < -0.3 is 5.73 Å². The van der Waals surface area contributed by atoms with Crippen molar-refractivity contribution in [3.63, 3.8) is 0 Å². The number of benzene rings is 1. The highest BCUT2D eigenvalue weighted by Gasteiger charge is 2.22. The summed E-state index contributed by atoms with van der Waals surface area (Å²) >= 11 is 6.36. The number of hydrogen-bond donors (Lipinski definition) is 3. The van der Waals surface area contributed by atoms with Crippen LogP contribution in [0, 0.1) is 33.8 Å². The summed E-state index contributed by atoms with van der Waals surface area (Å²) in [5, 5.41) is 30.5. The molecule has 0 fully saturated rings. The lowest BCUT2D eigenvalue weighted by Gasteiger charge is -2.09. The van der Waals surface area contributed by atoms with Crippen molar-refractivity contribution in [2.45, 2.75) is 6.92 Å². The predicted octanol–water partition coefficient (Wildman–Crippen LogP) is 2.66. The fourth-order valence-electron chi connectivity index (χ4n) is 1.31. The first-order valence-electron chi connectivity index (χ1n) is 5.00. The molecule has 104 valence electrons. The van der Waals surface area contributed by atoms with Crippen LogP contribution in [0.2, 0.25) is 0 Å². The van der Waals surface area contributed by atoms with Crippen LogP contribution in [0.15, 0.2) is 20.1 Å². The third-order valence-electron chi connectivity index (χ3n) is 2.21.